The Labute approximate surface area is 170 Å². The lowest BCUT2D eigenvalue weighted by Crippen LogP contribution is -2.32. The minimum Gasteiger partial charge on any atom is -0.449 e. The molecule has 0 saturated heterocycles. The van der Waals surface area contributed by atoms with Crippen molar-refractivity contribution in [2.75, 3.05) is 6.54 Å². The third kappa shape index (κ3) is 4.69. The third-order valence-corrected chi connectivity index (χ3v) is 5.56. The summed E-state index contributed by atoms with van der Waals surface area (Å²) in [6.45, 7) is 0.911. The standard InChI is InChI=1S/C24H26N2O3/c27-24(28)29-23-21(20-11-6-7-13-22(20)26-23)12-5-4-10-19-16-18(14-15-25-19)17-8-2-1-3-9-17/h1-3,6-9,11,13-14,19,25-26H,4-5,10,12,15-16H2,(H,27,28). The van der Waals surface area contributed by atoms with Gasteiger partial charge in [0.15, 0.2) is 0 Å². The minimum atomic E-state index is -1.29. The van der Waals surface area contributed by atoms with E-state index in [-0.39, 0.29) is 0 Å². The van der Waals surface area contributed by atoms with Crippen LogP contribution in [0.3, 0.4) is 0 Å². The Balaban J connectivity index is 1.34. The highest BCUT2D eigenvalue weighted by Gasteiger charge is 2.17. The first kappa shape index (κ1) is 19.3. The van der Waals surface area contributed by atoms with Gasteiger partial charge in [-0.05, 0) is 42.9 Å². The van der Waals surface area contributed by atoms with Gasteiger partial charge in [0.2, 0.25) is 5.88 Å². The van der Waals surface area contributed by atoms with Crippen molar-refractivity contribution in [1.82, 2.24) is 10.3 Å². The van der Waals surface area contributed by atoms with Gasteiger partial charge < -0.3 is 20.1 Å². The number of hydrogen-bond acceptors (Lipinski definition) is 3. The summed E-state index contributed by atoms with van der Waals surface area (Å²) < 4.78 is 4.98. The van der Waals surface area contributed by atoms with Crippen LogP contribution in [-0.2, 0) is 6.42 Å². The van der Waals surface area contributed by atoms with Gasteiger partial charge in [0.05, 0.1) is 0 Å². The average Bonchev–Trinajstić information content (AvgIpc) is 3.08. The Hall–Kier alpha value is -3.05. The molecule has 0 fully saturated rings. The van der Waals surface area contributed by atoms with Gasteiger partial charge in [-0.3, -0.25) is 0 Å². The van der Waals surface area contributed by atoms with Crippen molar-refractivity contribution in [2.45, 2.75) is 38.1 Å². The summed E-state index contributed by atoms with van der Waals surface area (Å²) in [5, 5.41) is 13.7. The number of aromatic nitrogens is 1. The number of carboxylic acid groups (broad SMARTS) is 1. The molecule has 3 N–H and O–H groups in total. The fourth-order valence-electron chi connectivity index (χ4n) is 4.15. The number of H-pyrrole nitrogens is 1. The summed E-state index contributed by atoms with van der Waals surface area (Å²) in [4.78, 5) is 14.1. The zero-order valence-electron chi connectivity index (χ0n) is 16.4. The lowest BCUT2D eigenvalue weighted by molar-refractivity contribution is 0.142. The number of ether oxygens (including phenoxy) is 1. The molecule has 0 aliphatic carbocycles. The molecule has 2 heterocycles. The zero-order valence-corrected chi connectivity index (χ0v) is 16.4. The molecule has 4 rings (SSSR count). The van der Waals surface area contributed by atoms with Crippen molar-refractivity contribution in [3.05, 3.63) is 71.8 Å². The van der Waals surface area contributed by atoms with Crippen LogP contribution in [0, 0.1) is 0 Å². The van der Waals surface area contributed by atoms with E-state index in [4.69, 9.17) is 9.84 Å². The first-order valence-corrected chi connectivity index (χ1v) is 10.2. The largest absolute Gasteiger partial charge is 0.512 e. The molecule has 1 aliphatic rings. The summed E-state index contributed by atoms with van der Waals surface area (Å²) in [6, 6.07) is 18.9. The van der Waals surface area contributed by atoms with Crippen LogP contribution in [0.2, 0.25) is 0 Å². The van der Waals surface area contributed by atoms with Gasteiger partial charge in [-0.1, -0.05) is 61.0 Å². The summed E-state index contributed by atoms with van der Waals surface area (Å²) in [6.07, 6.45) is 6.00. The SMILES string of the molecule is O=C(O)Oc1[nH]c2ccccc2c1CCCCC1CC(c2ccccc2)=CCN1. The number of fused-ring (bicyclic) bond motifs is 1. The summed E-state index contributed by atoms with van der Waals surface area (Å²) >= 11 is 0. The molecule has 5 heteroatoms. The molecule has 5 nitrogen and oxygen atoms in total. The van der Waals surface area contributed by atoms with Crippen LogP contribution in [0.1, 0.15) is 36.8 Å². The summed E-state index contributed by atoms with van der Waals surface area (Å²) in [5.74, 6) is 0.351. The maximum absolute atomic E-state index is 11.0. The van der Waals surface area contributed by atoms with Gasteiger partial charge in [0.25, 0.3) is 0 Å². The van der Waals surface area contributed by atoms with Crippen LogP contribution in [0.5, 0.6) is 5.88 Å². The van der Waals surface area contributed by atoms with E-state index in [2.05, 4.69) is 46.7 Å². The van der Waals surface area contributed by atoms with E-state index < -0.39 is 6.16 Å². The number of hydrogen-bond donors (Lipinski definition) is 3. The number of aromatic amines is 1. The van der Waals surface area contributed by atoms with Crippen LogP contribution in [0.15, 0.2) is 60.7 Å². The van der Waals surface area contributed by atoms with Crippen LogP contribution < -0.4 is 10.1 Å². The highest BCUT2D eigenvalue weighted by Crippen LogP contribution is 2.30. The Morgan fingerprint density at radius 2 is 1.86 bits per heavy atom. The Kier molecular flexibility index (Phi) is 5.96. The molecule has 0 amide bonds. The number of para-hydroxylation sites is 1. The van der Waals surface area contributed by atoms with E-state index >= 15 is 0 Å². The molecule has 0 spiro atoms. The van der Waals surface area contributed by atoms with Crippen LogP contribution in [0.4, 0.5) is 4.79 Å². The minimum absolute atomic E-state index is 0.351. The second-order valence-electron chi connectivity index (χ2n) is 7.50. The molecule has 1 aliphatic heterocycles. The molecule has 1 atom stereocenters. The van der Waals surface area contributed by atoms with Gasteiger partial charge in [-0.15, -0.1) is 0 Å². The third-order valence-electron chi connectivity index (χ3n) is 5.56. The predicted molar refractivity (Wildman–Crippen MR) is 115 cm³/mol. The van der Waals surface area contributed by atoms with Crippen molar-refractivity contribution < 1.29 is 14.6 Å². The maximum atomic E-state index is 11.0. The molecule has 29 heavy (non-hydrogen) atoms. The Morgan fingerprint density at radius 1 is 1.07 bits per heavy atom. The molecule has 0 radical (unpaired) electrons. The molecule has 1 unspecified atom stereocenters. The number of nitrogens with one attached hydrogen (secondary N) is 2. The van der Waals surface area contributed by atoms with E-state index in [1.807, 2.05) is 24.3 Å². The van der Waals surface area contributed by atoms with Crippen LogP contribution in [0.25, 0.3) is 16.5 Å². The van der Waals surface area contributed by atoms with Gasteiger partial charge in [-0.2, -0.15) is 0 Å². The van der Waals surface area contributed by atoms with Gasteiger partial charge in [0.1, 0.15) is 0 Å². The number of rotatable bonds is 7. The zero-order chi connectivity index (χ0) is 20.1. The number of carbonyl (C=O) groups is 1. The first-order valence-electron chi connectivity index (χ1n) is 10.2. The lowest BCUT2D eigenvalue weighted by Gasteiger charge is -2.24. The van der Waals surface area contributed by atoms with Crippen molar-refractivity contribution in [2.24, 2.45) is 0 Å². The van der Waals surface area contributed by atoms with Gasteiger partial charge in [0, 0.05) is 29.1 Å². The van der Waals surface area contributed by atoms with E-state index in [0.717, 1.165) is 55.1 Å². The lowest BCUT2D eigenvalue weighted by atomic mass is 9.92. The quantitative estimate of drug-likeness (QED) is 0.374. The van der Waals surface area contributed by atoms with Gasteiger partial charge >= 0.3 is 6.16 Å². The molecule has 2 aromatic carbocycles. The van der Waals surface area contributed by atoms with E-state index in [1.54, 1.807) is 0 Å². The second-order valence-corrected chi connectivity index (χ2v) is 7.50. The second kappa shape index (κ2) is 8.97. The fraction of sp³-hybridized carbons (Fsp3) is 0.292. The Morgan fingerprint density at radius 3 is 2.69 bits per heavy atom. The fourth-order valence-corrected chi connectivity index (χ4v) is 4.15. The van der Waals surface area contributed by atoms with Crippen molar-refractivity contribution in [1.29, 1.82) is 0 Å². The summed E-state index contributed by atoms with van der Waals surface area (Å²) in [7, 11) is 0. The first-order chi connectivity index (χ1) is 14.2. The maximum Gasteiger partial charge on any atom is 0.512 e. The Bertz CT molecular complexity index is 1010. The molecular weight excluding hydrogens is 364 g/mol. The molecule has 150 valence electrons. The van der Waals surface area contributed by atoms with E-state index in [1.165, 1.54) is 11.1 Å². The van der Waals surface area contributed by atoms with Crippen molar-refractivity contribution in [3.8, 4) is 5.88 Å². The molecule has 0 saturated carbocycles. The van der Waals surface area contributed by atoms with Crippen molar-refractivity contribution in [3.63, 3.8) is 0 Å². The van der Waals surface area contributed by atoms with E-state index in [9.17, 15) is 4.79 Å². The molecule has 0 bridgehead atoms. The smallest absolute Gasteiger partial charge is 0.449 e. The van der Waals surface area contributed by atoms with Crippen molar-refractivity contribution >= 4 is 22.6 Å². The predicted octanol–water partition coefficient (Wildman–Crippen LogP) is 5.38. The highest BCUT2D eigenvalue weighted by molar-refractivity contribution is 5.86. The number of unbranched alkanes of at least 4 members (excludes halogenated alkanes) is 1. The monoisotopic (exact) mass is 390 g/mol. The average molecular weight is 390 g/mol. The number of benzene rings is 2. The van der Waals surface area contributed by atoms with Crippen LogP contribution in [-0.4, -0.2) is 28.8 Å². The molecule has 3 aromatic rings. The molecule has 1 aromatic heterocycles. The summed E-state index contributed by atoms with van der Waals surface area (Å²) in [5.41, 5.74) is 4.59. The van der Waals surface area contributed by atoms with Gasteiger partial charge in [-0.25, -0.2) is 4.79 Å². The molecular formula is C24H26N2O3. The highest BCUT2D eigenvalue weighted by atomic mass is 16.7. The topological polar surface area (TPSA) is 74.3 Å². The number of aryl methyl sites for hydroxylation is 1. The van der Waals surface area contributed by atoms with E-state index in [0.29, 0.717) is 11.9 Å². The van der Waals surface area contributed by atoms with Crippen LogP contribution >= 0.6 is 0 Å². The normalized spacial score (nSPS) is 16.6.